The van der Waals surface area contributed by atoms with Crippen LogP contribution in [0.3, 0.4) is 0 Å². The summed E-state index contributed by atoms with van der Waals surface area (Å²) >= 11 is 1.41. The van der Waals surface area contributed by atoms with Crippen LogP contribution in [0.1, 0.15) is 12.6 Å². The number of sulfonamides is 1. The number of benzene rings is 1. The van der Waals surface area contributed by atoms with E-state index < -0.39 is 10.0 Å². The molecule has 0 aliphatic rings. The fourth-order valence-corrected chi connectivity index (χ4v) is 3.57. The van der Waals surface area contributed by atoms with Crippen LogP contribution in [0.15, 0.2) is 52.5 Å². The third-order valence-electron chi connectivity index (χ3n) is 3.45. The van der Waals surface area contributed by atoms with Crippen molar-refractivity contribution in [2.24, 2.45) is 0 Å². The monoisotopic (exact) mass is 391 g/mol. The zero-order valence-corrected chi connectivity index (χ0v) is 15.6. The molecule has 0 spiro atoms. The van der Waals surface area contributed by atoms with E-state index in [0.29, 0.717) is 22.8 Å². The SMILES string of the molecule is CCS(=O)(=O)Nc1ccc(NC(=O)Cc2csc(-c3ccco3)n2)cc1. The molecule has 3 aromatic rings. The van der Waals surface area contributed by atoms with Gasteiger partial charge in [-0.25, -0.2) is 13.4 Å². The van der Waals surface area contributed by atoms with E-state index in [0.717, 1.165) is 5.01 Å². The van der Waals surface area contributed by atoms with Gasteiger partial charge in [0.1, 0.15) is 0 Å². The van der Waals surface area contributed by atoms with Gasteiger partial charge in [-0.15, -0.1) is 11.3 Å². The predicted molar refractivity (Wildman–Crippen MR) is 102 cm³/mol. The summed E-state index contributed by atoms with van der Waals surface area (Å²) in [6.07, 6.45) is 1.72. The van der Waals surface area contributed by atoms with Crippen LogP contribution in [-0.4, -0.2) is 25.1 Å². The van der Waals surface area contributed by atoms with Gasteiger partial charge in [0.15, 0.2) is 10.8 Å². The van der Waals surface area contributed by atoms with Gasteiger partial charge in [-0.3, -0.25) is 9.52 Å². The topological polar surface area (TPSA) is 101 Å². The largest absolute Gasteiger partial charge is 0.462 e. The number of nitrogens with one attached hydrogen (secondary N) is 2. The van der Waals surface area contributed by atoms with E-state index in [1.165, 1.54) is 11.3 Å². The van der Waals surface area contributed by atoms with Crippen LogP contribution in [0.25, 0.3) is 10.8 Å². The summed E-state index contributed by atoms with van der Waals surface area (Å²) in [5.74, 6) is 0.467. The maximum Gasteiger partial charge on any atom is 0.232 e. The Labute approximate surface area is 155 Å². The van der Waals surface area contributed by atoms with Crippen LogP contribution in [-0.2, 0) is 21.2 Å². The molecule has 0 unspecified atom stereocenters. The summed E-state index contributed by atoms with van der Waals surface area (Å²) in [5, 5.41) is 5.31. The van der Waals surface area contributed by atoms with Gasteiger partial charge in [0.05, 0.1) is 24.1 Å². The summed E-state index contributed by atoms with van der Waals surface area (Å²) < 4.78 is 30.8. The molecule has 1 aromatic carbocycles. The number of furan rings is 1. The summed E-state index contributed by atoms with van der Waals surface area (Å²) in [5.41, 5.74) is 1.69. The molecule has 136 valence electrons. The minimum atomic E-state index is -3.32. The highest BCUT2D eigenvalue weighted by atomic mass is 32.2. The number of anilines is 2. The van der Waals surface area contributed by atoms with Crippen molar-refractivity contribution in [3.63, 3.8) is 0 Å². The molecule has 0 saturated heterocycles. The van der Waals surface area contributed by atoms with Gasteiger partial charge in [0, 0.05) is 16.8 Å². The second-order valence-corrected chi connectivity index (χ2v) is 8.30. The molecular formula is C17H17N3O4S2. The molecule has 2 N–H and O–H groups in total. The molecule has 0 saturated carbocycles. The van der Waals surface area contributed by atoms with E-state index in [1.807, 2.05) is 11.4 Å². The Kier molecular flexibility index (Phi) is 5.38. The van der Waals surface area contributed by atoms with Crippen molar-refractivity contribution in [3.8, 4) is 10.8 Å². The van der Waals surface area contributed by atoms with Crippen LogP contribution < -0.4 is 10.0 Å². The van der Waals surface area contributed by atoms with Gasteiger partial charge in [-0.05, 0) is 43.3 Å². The first kappa shape index (κ1) is 18.2. The maximum atomic E-state index is 12.2. The fourth-order valence-electron chi connectivity index (χ4n) is 2.14. The molecule has 0 atom stereocenters. The van der Waals surface area contributed by atoms with E-state index in [1.54, 1.807) is 43.5 Å². The van der Waals surface area contributed by atoms with Gasteiger partial charge in [0.2, 0.25) is 15.9 Å². The van der Waals surface area contributed by atoms with E-state index in [4.69, 9.17) is 4.42 Å². The number of carbonyl (C=O) groups excluding carboxylic acids is 1. The Bertz CT molecular complexity index is 977. The lowest BCUT2D eigenvalue weighted by Gasteiger charge is -2.08. The molecule has 0 aliphatic carbocycles. The molecular weight excluding hydrogens is 374 g/mol. The Morgan fingerprint density at radius 3 is 2.58 bits per heavy atom. The lowest BCUT2D eigenvalue weighted by molar-refractivity contribution is -0.115. The molecule has 3 rings (SSSR count). The average Bonchev–Trinajstić information content (AvgIpc) is 3.28. The Balaban J connectivity index is 1.58. The number of hydrogen-bond donors (Lipinski definition) is 2. The zero-order valence-electron chi connectivity index (χ0n) is 13.9. The standard InChI is InChI=1S/C17H17N3O4S2/c1-2-26(22,23)20-13-7-5-12(6-8-13)18-16(21)10-14-11-25-17(19-14)15-4-3-9-24-15/h3-9,11,20H,2,10H2,1H3,(H,18,21). The first-order valence-electron chi connectivity index (χ1n) is 7.84. The van der Waals surface area contributed by atoms with Crippen molar-refractivity contribution in [2.45, 2.75) is 13.3 Å². The molecule has 2 aromatic heterocycles. The van der Waals surface area contributed by atoms with Crippen molar-refractivity contribution >= 4 is 38.6 Å². The third kappa shape index (κ3) is 4.70. The van der Waals surface area contributed by atoms with Crippen LogP contribution in [0.5, 0.6) is 0 Å². The number of amides is 1. The summed E-state index contributed by atoms with van der Waals surface area (Å²) in [4.78, 5) is 16.5. The molecule has 0 radical (unpaired) electrons. The number of aromatic nitrogens is 1. The van der Waals surface area contributed by atoms with E-state index >= 15 is 0 Å². The van der Waals surface area contributed by atoms with Crippen molar-refractivity contribution < 1.29 is 17.6 Å². The smallest absolute Gasteiger partial charge is 0.232 e. The Morgan fingerprint density at radius 2 is 1.92 bits per heavy atom. The van der Waals surface area contributed by atoms with Crippen molar-refractivity contribution in [1.82, 2.24) is 4.98 Å². The van der Waals surface area contributed by atoms with Gasteiger partial charge >= 0.3 is 0 Å². The Hall–Kier alpha value is -2.65. The van der Waals surface area contributed by atoms with E-state index in [2.05, 4.69) is 15.0 Å². The van der Waals surface area contributed by atoms with Crippen molar-refractivity contribution in [1.29, 1.82) is 0 Å². The molecule has 7 nitrogen and oxygen atoms in total. The van der Waals surface area contributed by atoms with Crippen LogP contribution in [0.2, 0.25) is 0 Å². The van der Waals surface area contributed by atoms with Gasteiger partial charge in [-0.2, -0.15) is 0 Å². The zero-order chi connectivity index (χ0) is 18.6. The van der Waals surface area contributed by atoms with Crippen molar-refractivity contribution in [3.05, 3.63) is 53.7 Å². The van der Waals surface area contributed by atoms with E-state index in [9.17, 15) is 13.2 Å². The number of nitrogens with zero attached hydrogens (tertiary/aromatic N) is 1. The fraction of sp³-hybridized carbons (Fsp3) is 0.176. The Morgan fingerprint density at radius 1 is 1.19 bits per heavy atom. The highest BCUT2D eigenvalue weighted by Gasteiger charge is 2.11. The van der Waals surface area contributed by atoms with Gasteiger partial charge in [0.25, 0.3) is 0 Å². The number of hydrogen-bond acceptors (Lipinski definition) is 6. The van der Waals surface area contributed by atoms with Crippen LogP contribution >= 0.6 is 11.3 Å². The van der Waals surface area contributed by atoms with E-state index in [-0.39, 0.29) is 18.1 Å². The summed E-state index contributed by atoms with van der Waals surface area (Å²) in [6, 6.07) is 10.1. The highest BCUT2D eigenvalue weighted by molar-refractivity contribution is 7.92. The number of carbonyl (C=O) groups is 1. The third-order valence-corrected chi connectivity index (χ3v) is 5.66. The lowest BCUT2D eigenvalue weighted by atomic mass is 10.2. The highest BCUT2D eigenvalue weighted by Crippen LogP contribution is 2.24. The molecule has 0 bridgehead atoms. The molecule has 0 fully saturated rings. The number of thiazole rings is 1. The first-order chi connectivity index (χ1) is 12.4. The van der Waals surface area contributed by atoms with Crippen molar-refractivity contribution in [2.75, 3.05) is 15.8 Å². The molecule has 2 heterocycles. The second-order valence-electron chi connectivity index (χ2n) is 5.43. The maximum absolute atomic E-state index is 12.2. The quantitative estimate of drug-likeness (QED) is 0.643. The first-order valence-corrected chi connectivity index (χ1v) is 10.4. The minimum absolute atomic E-state index is 0.000871. The van der Waals surface area contributed by atoms with Crippen LogP contribution in [0.4, 0.5) is 11.4 Å². The number of rotatable bonds is 7. The van der Waals surface area contributed by atoms with Crippen LogP contribution in [0, 0.1) is 0 Å². The molecule has 9 heteroatoms. The normalized spacial score (nSPS) is 11.3. The summed E-state index contributed by atoms with van der Waals surface area (Å²) in [6.45, 7) is 1.56. The van der Waals surface area contributed by atoms with Gasteiger partial charge < -0.3 is 9.73 Å². The molecule has 1 amide bonds. The summed E-state index contributed by atoms with van der Waals surface area (Å²) in [7, 11) is -3.32. The second kappa shape index (κ2) is 7.71. The van der Waals surface area contributed by atoms with Gasteiger partial charge in [-0.1, -0.05) is 0 Å². The average molecular weight is 391 g/mol. The predicted octanol–water partition coefficient (Wildman–Crippen LogP) is 3.35. The lowest BCUT2D eigenvalue weighted by Crippen LogP contribution is -2.16. The minimum Gasteiger partial charge on any atom is -0.462 e. The molecule has 0 aliphatic heterocycles. The molecule has 26 heavy (non-hydrogen) atoms.